The van der Waals surface area contributed by atoms with Gasteiger partial charge in [0, 0.05) is 30.5 Å². The molecule has 23 nitrogen and oxygen atoms in total. The molecule has 0 bridgehead atoms. The number of hydrogen-bond donors (Lipinski definition) is 7. The monoisotopic (exact) mass is 759 g/mol. The second-order valence-electron chi connectivity index (χ2n) is 9.26. The van der Waals surface area contributed by atoms with Gasteiger partial charge in [0.1, 0.15) is 37.4 Å². The van der Waals surface area contributed by atoms with Crippen LogP contribution in [-0.4, -0.2) is 49.1 Å². The Labute approximate surface area is 274 Å². The quantitative estimate of drug-likeness (QED) is 0.0447. The van der Waals surface area contributed by atoms with Gasteiger partial charge in [-0.15, -0.1) is 35.2 Å². The van der Waals surface area contributed by atoms with Gasteiger partial charge in [0.15, 0.2) is 22.1 Å². The Morgan fingerprint density at radius 2 is 0.939 bits per heavy atom. The first-order valence-electron chi connectivity index (χ1n) is 12.2. The molecule has 0 aromatic heterocycles. The van der Waals surface area contributed by atoms with Crippen molar-refractivity contribution in [2.45, 2.75) is 19.6 Å². The van der Waals surface area contributed by atoms with Crippen molar-refractivity contribution < 1.29 is 49.1 Å². The van der Waals surface area contributed by atoms with Gasteiger partial charge in [0.2, 0.25) is 0 Å². The Morgan fingerprint density at radius 3 is 1.37 bits per heavy atom. The number of nitrogens with zero attached hydrogens (tertiary/aromatic N) is 7. The highest BCUT2D eigenvalue weighted by molar-refractivity contribution is 8.30. The maximum absolute atomic E-state index is 12.5. The first-order valence-corrected chi connectivity index (χ1v) is 18.0. The van der Waals surface area contributed by atoms with Crippen molar-refractivity contribution >= 4 is 85.8 Å². The zero-order valence-corrected chi connectivity index (χ0v) is 26.7. The van der Waals surface area contributed by atoms with Crippen molar-refractivity contribution in [3.8, 4) is 11.5 Å². The first-order chi connectivity index (χ1) is 22.7. The minimum atomic E-state index is -5.44. The van der Waals surface area contributed by atoms with Gasteiger partial charge >= 0.3 is 0 Å². The lowest BCUT2D eigenvalue weighted by Gasteiger charge is -2.19. The van der Waals surface area contributed by atoms with Crippen LogP contribution >= 0.6 is 10.6 Å². The van der Waals surface area contributed by atoms with E-state index in [1.807, 2.05) is 0 Å². The van der Waals surface area contributed by atoms with E-state index in [0.29, 0.717) is 12.1 Å². The molecule has 0 fully saturated rings. The number of nitroso groups, excluding NO2 is 3. The fraction of sp³-hybridized carbons (Fsp3) is 0. The summed E-state index contributed by atoms with van der Waals surface area (Å²) in [5, 5.41) is 34.6. The molecule has 0 unspecified atom stereocenters. The summed E-state index contributed by atoms with van der Waals surface area (Å²) in [6.45, 7) is 0. The van der Waals surface area contributed by atoms with E-state index in [9.17, 15) is 63.8 Å². The number of nitrogens with two attached hydrogens (primary N) is 2. The molecule has 0 amide bonds. The summed E-state index contributed by atoms with van der Waals surface area (Å²) in [6, 6.07) is 6.46. The Kier molecular flexibility index (Phi) is 9.47. The Bertz CT molecular complexity index is 2470. The van der Waals surface area contributed by atoms with Crippen molar-refractivity contribution in [1.82, 2.24) is 0 Å². The molecule has 4 aromatic carbocycles. The summed E-state index contributed by atoms with van der Waals surface area (Å²) >= 11 is 0. The van der Waals surface area contributed by atoms with Gasteiger partial charge in [0.05, 0.1) is 10.3 Å². The number of benzene rings is 4. The lowest BCUT2D eigenvalue weighted by Crippen LogP contribution is -2.01. The largest absolute Gasteiger partial charge is 0.505 e. The van der Waals surface area contributed by atoms with E-state index in [2.05, 4.69) is 34.2 Å². The summed E-state index contributed by atoms with van der Waals surface area (Å²) < 4.78 is 108. The van der Waals surface area contributed by atoms with Crippen LogP contribution < -0.4 is 11.5 Å². The summed E-state index contributed by atoms with van der Waals surface area (Å²) in [6.07, 6.45) is 0. The van der Waals surface area contributed by atoms with Crippen molar-refractivity contribution in [2.75, 3.05) is 11.5 Å². The van der Waals surface area contributed by atoms with Crippen LogP contribution in [0.5, 0.6) is 11.5 Å². The van der Waals surface area contributed by atoms with Crippen LogP contribution in [0.1, 0.15) is 0 Å². The van der Waals surface area contributed by atoms with Crippen LogP contribution in [0.15, 0.2) is 102 Å². The predicted molar refractivity (Wildman–Crippen MR) is 170 cm³/mol. The zero-order chi connectivity index (χ0) is 36.7. The molecule has 0 atom stereocenters. The molecular weight excluding hydrogens is 743 g/mol. The average molecular weight is 760 g/mol. The number of anilines is 2. The van der Waals surface area contributed by atoms with Gasteiger partial charge in [-0.2, -0.15) is 25.3 Å². The van der Waals surface area contributed by atoms with E-state index < -0.39 is 106 Å². The minimum absolute atomic E-state index is 0.142. The highest BCUT2D eigenvalue weighted by Crippen LogP contribution is 2.66. The van der Waals surface area contributed by atoms with Crippen molar-refractivity contribution in [3.05, 3.63) is 63.3 Å². The average Bonchev–Trinajstić information content (AvgIpc) is 3.01. The lowest BCUT2D eigenvalue weighted by molar-refractivity contribution is 0.463. The third-order valence-electron chi connectivity index (χ3n) is 6.18. The molecule has 9 N–H and O–H groups in total. The maximum Gasteiger partial charge on any atom is 0.296 e. The number of nitrogen functional groups attached to an aromatic ring is 2. The van der Waals surface area contributed by atoms with Crippen molar-refractivity contribution in [1.29, 1.82) is 0 Å². The number of phenols is 2. The van der Waals surface area contributed by atoms with Crippen LogP contribution in [0.4, 0.5) is 34.1 Å². The van der Waals surface area contributed by atoms with E-state index >= 15 is 0 Å². The topological polar surface area (TPSA) is 393 Å². The highest BCUT2D eigenvalue weighted by Gasteiger charge is 2.38. The third-order valence-corrected chi connectivity index (χ3v) is 10.4. The number of rotatable bonds is 11. The maximum atomic E-state index is 12.5. The van der Waals surface area contributed by atoms with E-state index in [0.717, 1.165) is 36.4 Å². The van der Waals surface area contributed by atoms with Gasteiger partial charge in [-0.05, 0) is 48.5 Å². The van der Waals surface area contributed by atoms with Gasteiger partial charge in [-0.1, -0.05) is 0 Å². The fourth-order valence-corrected chi connectivity index (χ4v) is 7.09. The fourth-order valence-electron chi connectivity index (χ4n) is 4.07. The van der Waals surface area contributed by atoms with Gasteiger partial charge in [-0.25, -0.2) is 0 Å². The number of azo groups is 2. The third kappa shape index (κ3) is 7.01. The molecule has 0 spiro atoms. The molecule has 258 valence electrons. The van der Waals surface area contributed by atoms with Crippen LogP contribution in [0.2, 0.25) is 0 Å². The Morgan fingerprint density at radius 1 is 0.510 bits per heavy atom. The SMILES string of the molecule is Nc1ccc(N=Nc2cc(S(=O)(=O)O)c3cc(S(N=O)(N=O)N=O)c(N=Nc4ccc(N)cc4S(=O)(=O)O)c(O)c3c2O)c(S(=O)(=O)O)c1. The smallest absolute Gasteiger partial charge is 0.296 e. The van der Waals surface area contributed by atoms with Crippen LogP contribution in [-0.2, 0) is 30.4 Å². The van der Waals surface area contributed by atoms with Crippen LogP contribution in [0, 0.1) is 14.7 Å². The molecule has 27 heteroatoms. The molecule has 0 aliphatic heterocycles. The van der Waals surface area contributed by atoms with Crippen LogP contribution in [0.3, 0.4) is 0 Å². The molecule has 0 heterocycles. The molecule has 0 saturated heterocycles. The van der Waals surface area contributed by atoms with E-state index in [-0.39, 0.29) is 11.4 Å². The number of fused-ring (bicyclic) bond motifs is 1. The molecule has 4 rings (SSSR count). The summed E-state index contributed by atoms with van der Waals surface area (Å²) in [4.78, 5) is 31.0. The predicted octanol–water partition coefficient (Wildman–Crippen LogP) is 5.19. The summed E-state index contributed by atoms with van der Waals surface area (Å²) in [7, 11) is -20.2. The second-order valence-corrected chi connectivity index (χ2v) is 15.4. The van der Waals surface area contributed by atoms with Crippen LogP contribution in [0.25, 0.3) is 10.8 Å². The molecule has 0 saturated carbocycles. The molecule has 0 aliphatic carbocycles. The molecule has 0 aliphatic rings. The zero-order valence-electron chi connectivity index (χ0n) is 23.4. The molecular formula is C22H17N9O14S4. The van der Waals surface area contributed by atoms with Gasteiger partial charge in [-0.3, -0.25) is 13.7 Å². The van der Waals surface area contributed by atoms with Gasteiger partial charge < -0.3 is 21.7 Å². The standard InChI is InChI=1S/C22H17N9O14S4/c23-9-1-3-12(16(5-9)48(40,41)42)25-27-14-8-15(47(37,38)39)11-7-18(46(29-34,30-35)31-36)20(22(33)19(11)21(14)32)28-26-13-4-2-10(24)6-17(13)49(43,44)45/h1-8,32-33H,23-24H2,(H,37,38,39)(H,40,41,42)(H,43,44,45). The number of phenolic OH excluding ortho intramolecular Hbond substituents is 2. The normalized spacial score (nSPS) is 13.2. The minimum Gasteiger partial charge on any atom is -0.505 e. The lowest BCUT2D eigenvalue weighted by atomic mass is 10.1. The molecule has 4 aromatic rings. The summed E-state index contributed by atoms with van der Waals surface area (Å²) in [5.41, 5.74) is 7.37. The van der Waals surface area contributed by atoms with E-state index in [1.165, 1.54) is 0 Å². The Balaban J connectivity index is 2.15. The second kappa shape index (κ2) is 12.8. The summed E-state index contributed by atoms with van der Waals surface area (Å²) in [5.74, 6) is -2.64. The van der Waals surface area contributed by atoms with E-state index in [4.69, 9.17) is 11.5 Å². The highest BCUT2D eigenvalue weighted by atomic mass is 32.3. The van der Waals surface area contributed by atoms with Crippen molar-refractivity contribution in [3.63, 3.8) is 0 Å². The van der Waals surface area contributed by atoms with Gasteiger partial charge in [0.25, 0.3) is 30.4 Å². The van der Waals surface area contributed by atoms with E-state index in [1.54, 1.807) is 0 Å². The molecule has 0 radical (unpaired) electrons. The van der Waals surface area contributed by atoms with Crippen molar-refractivity contribution in [2.24, 2.45) is 34.2 Å². The number of aromatic hydroxyl groups is 2. The molecule has 49 heavy (non-hydrogen) atoms. The first kappa shape index (κ1) is 36.3. The Hall–Kier alpha value is -5.58. The number of hydrogen-bond acceptors (Lipinski definition) is 20.